The van der Waals surface area contributed by atoms with Crippen molar-refractivity contribution in [1.29, 1.82) is 0 Å². The zero-order valence-corrected chi connectivity index (χ0v) is 9.37. The number of rotatable bonds is 3. The number of hydrogen-bond donors (Lipinski definition) is 2. The van der Waals surface area contributed by atoms with Crippen LogP contribution < -0.4 is 5.32 Å². The summed E-state index contributed by atoms with van der Waals surface area (Å²) in [6, 6.07) is 5.11. The minimum Gasteiger partial charge on any atom is -0.508 e. The molecule has 15 heavy (non-hydrogen) atoms. The summed E-state index contributed by atoms with van der Waals surface area (Å²) < 4.78 is 0. The van der Waals surface area contributed by atoms with Crippen LogP contribution in [0.15, 0.2) is 18.2 Å². The van der Waals surface area contributed by atoms with Crippen LogP contribution in [0.3, 0.4) is 0 Å². The van der Waals surface area contributed by atoms with E-state index in [9.17, 15) is 9.90 Å². The molecule has 0 unspecified atom stereocenters. The molecule has 1 aromatic rings. The number of hydrogen-bond acceptors (Lipinski definition) is 2. The number of nitrogens with one attached hydrogen (secondary N) is 1. The van der Waals surface area contributed by atoms with Crippen molar-refractivity contribution in [3.05, 3.63) is 23.8 Å². The monoisotopic (exact) mass is 207 g/mol. The third-order valence-corrected chi connectivity index (χ3v) is 2.17. The Morgan fingerprint density at radius 1 is 1.47 bits per heavy atom. The second kappa shape index (κ2) is 4.82. The maximum Gasteiger partial charge on any atom is 0.224 e. The molecule has 0 fully saturated rings. The molecule has 0 aromatic heterocycles. The maximum atomic E-state index is 11.5. The van der Waals surface area contributed by atoms with Crippen molar-refractivity contribution in [2.45, 2.75) is 27.2 Å². The number of amides is 1. The van der Waals surface area contributed by atoms with Crippen molar-refractivity contribution in [3.8, 4) is 5.75 Å². The molecule has 82 valence electrons. The number of benzene rings is 1. The third kappa shape index (κ3) is 3.27. The van der Waals surface area contributed by atoms with Crippen LogP contribution in [0.5, 0.6) is 5.75 Å². The van der Waals surface area contributed by atoms with Gasteiger partial charge < -0.3 is 10.4 Å². The van der Waals surface area contributed by atoms with Gasteiger partial charge in [-0.05, 0) is 25.0 Å². The summed E-state index contributed by atoms with van der Waals surface area (Å²) in [5.74, 6) is 0.527. The van der Waals surface area contributed by atoms with Gasteiger partial charge in [0.2, 0.25) is 5.91 Å². The Bertz CT molecular complexity index is 359. The fourth-order valence-electron chi connectivity index (χ4n) is 1.33. The van der Waals surface area contributed by atoms with E-state index < -0.39 is 0 Å². The van der Waals surface area contributed by atoms with Crippen LogP contribution in [0.25, 0.3) is 0 Å². The number of aromatic hydroxyl groups is 1. The largest absolute Gasteiger partial charge is 0.508 e. The highest BCUT2D eigenvalue weighted by atomic mass is 16.3. The summed E-state index contributed by atoms with van der Waals surface area (Å²) in [7, 11) is 0. The highest BCUT2D eigenvalue weighted by Crippen LogP contribution is 2.24. The highest BCUT2D eigenvalue weighted by Gasteiger charge is 2.08. The number of anilines is 1. The van der Waals surface area contributed by atoms with Crippen LogP contribution in [0.2, 0.25) is 0 Å². The van der Waals surface area contributed by atoms with Gasteiger partial charge in [0.05, 0.1) is 0 Å². The molecule has 0 bridgehead atoms. The van der Waals surface area contributed by atoms with Crippen molar-refractivity contribution < 1.29 is 9.90 Å². The van der Waals surface area contributed by atoms with E-state index in [1.807, 2.05) is 13.8 Å². The van der Waals surface area contributed by atoms with E-state index in [1.54, 1.807) is 25.1 Å². The zero-order chi connectivity index (χ0) is 11.4. The molecule has 1 rings (SSSR count). The first kappa shape index (κ1) is 11.6. The predicted octanol–water partition coefficient (Wildman–Crippen LogP) is 2.69. The van der Waals surface area contributed by atoms with Crippen molar-refractivity contribution >= 4 is 11.6 Å². The lowest BCUT2D eigenvalue weighted by Crippen LogP contribution is -2.14. The fourth-order valence-corrected chi connectivity index (χ4v) is 1.33. The van der Waals surface area contributed by atoms with Crippen LogP contribution in [-0.2, 0) is 4.79 Å². The molecular weight excluding hydrogens is 190 g/mol. The summed E-state index contributed by atoms with van der Waals surface area (Å²) >= 11 is 0. The van der Waals surface area contributed by atoms with Gasteiger partial charge in [-0.15, -0.1) is 0 Å². The number of carbonyl (C=O) groups excluding carboxylic acids is 1. The predicted molar refractivity (Wildman–Crippen MR) is 60.9 cm³/mol. The first-order valence-electron chi connectivity index (χ1n) is 5.09. The number of phenols is 1. The van der Waals surface area contributed by atoms with E-state index in [0.29, 0.717) is 23.6 Å². The molecule has 0 spiro atoms. The number of carbonyl (C=O) groups is 1. The average Bonchev–Trinajstić information content (AvgIpc) is 2.11. The second-order valence-corrected chi connectivity index (χ2v) is 4.10. The molecule has 3 heteroatoms. The van der Waals surface area contributed by atoms with E-state index in [1.165, 1.54) is 0 Å². The van der Waals surface area contributed by atoms with Gasteiger partial charge in [0.15, 0.2) is 0 Å². The molecule has 0 radical (unpaired) electrons. The molecule has 0 heterocycles. The van der Waals surface area contributed by atoms with Crippen LogP contribution in [0, 0.1) is 12.8 Å². The Hall–Kier alpha value is -1.51. The minimum atomic E-state index is -0.0151. The molecule has 0 atom stereocenters. The van der Waals surface area contributed by atoms with Crippen molar-refractivity contribution in [1.82, 2.24) is 0 Å². The first-order chi connectivity index (χ1) is 7.00. The maximum absolute atomic E-state index is 11.5. The van der Waals surface area contributed by atoms with Gasteiger partial charge in [0, 0.05) is 17.7 Å². The smallest absolute Gasteiger partial charge is 0.224 e. The van der Waals surface area contributed by atoms with E-state index in [4.69, 9.17) is 0 Å². The van der Waals surface area contributed by atoms with Gasteiger partial charge in [-0.3, -0.25) is 4.79 Å². The van der Waals surface area contributed by atoms with Crippen molar-refractivity contribution in [2.24, 2.45) is 5.92 Å². The lowest BCUT2D eigenvalue weighted by atomic mass is 10.1. The zero-order valence-electron chi connectivity index (χ0n) is 9.37. The van der Waals surface area contributed by atoms with Gasteiger partial charge >= 0.3 is 0 Å². The Labute approximate surface area is 90.1 Å². The van der Waals surface area contributed by atoms with E-state index in [-0.39, 0.29) is 11.7 Å². The van der Waals surface area contributed by atoms with Gasteiger partial charge in [-0.25, -0.2) is 0 Å². The van der Waals surface area contributed by atoms with Crippen LogP contribution >= 0.6 is 0 Å². The molecule has 0 saturated heterocycles. The lowest BCUT2D eigenvalue weighted by molar-refractivity contribution is -0.116. The normalized spacial score (nSPS) is 10.4. The quantitative estimate of drug-likeness (QED) is 0.800. The Morgan fingerprint density at radius 2 is 2.13 bits per heavy atom. The molecule has 3 nitrogen and oxygen atoms in total. The SMILES string of the molecule is Cc1c(O)cccc1NC(=O)CC(C)C. The van der Waals surface area contributed by atoms with Gasteiger partial charge in [0.1, 0.15) is 5.75 Å². The third-order valence-electron chi connectivity index (χ3n) is 2.17. The lowest BCUT2D eigenvalue weighted by Gasteiger charge is -2.10. The van der Waals surface area contributed by atoms with Crippen LogP contribution in [0.4, 0.5) is 5.69 Å². The molecule has 1 aromatic carbocycles. The Balaban J connectivity index is 2.73. The molecule has 0 saturated carbocycles. The second-order valence-electron chi connectivity index (χ2n) is 4.10. The molecule has 0 aliphatic carbocycles. The Morgan fingerprint density at radius 3 is 2.73 bits per heavy atom. The first-order valence-corrected chi connectivity index (χ1v) is 5.09. The summed E-state index contributed by atoms with van der Waals surface area (Å²) in [5.41, 5.74) is 1.38. The molecule has 0 aliphatic heterocycles. The van der Waals surface area contributed by atoms with Gasteiger partial charge in [0.25, 0.3) is 0 Å². The number of phenolic OH excluding ortho intramolecular Hbond substituents is 1. The highest BCUT2D eigenvalue weighted by molar-refractivity contribution is 5.91. The molecule has 2 N–H and O–H groups in total. The molecular formula is C12H17NO2. The van der Waals surface area contributed by atoms with E-state index in [0.717, 1.165) is 0 Å². The summed E-state index contributed by atoms with van der Waals surface area (Å²) in [5, 5.41) is 12.2. The molecule has 0 aliphatic rings. The molecule has 1 amide bonds. The standard InChI is InChI=1S/C12H17NO2/c1-8(2)7-12(15)13-10-5-4-6-11(14)9(10)3/h4-6,8,14H,7H2,1-3H3,(H,13,15). The average molecular weight is 207 g/mol. The summed E-state index contributed by atoms with van der Waals surface area (Å²) in [4.78, 5) is 11.5. The summed E-state index contributed by atoms with van der Waals surface area (Å²) in [6.07, 6.45) is 0.495. The van der Waals surface area contributed by atoms with Crippen molar-refractivity contribution in [2.75, 3.05) is 5.32 Å². The van der Waals surface area contributed by atoms with E-state index in [2.05, 4.69) is 5.32 Å². The Kier molecular flexibility index (Phi) is 3.72. The van der Waals surface area contributed by atoms with Crippen LogP contribution in [0.1, 0.15) is 25.8 Å². The van der Waals surface area contributed by atoms with E-state index >= 15 is 0 Å². The minimum absolute atomic E-state index is 0.0151. The topological polar surface area (TPSA) is 49.3 Å². The fraction of sp³-hybridized carbons (Fsp3) is 0.417. The van der Waals surface area contributed by atoms with Crippen molar-refractivity contribution in [3.63, 3.8) is 0 Å². The van der Waals surface area contributed by atoms with Gasteiger partial charge in [-0.2, -0.15) is 0 Å². The van der Waals surface area contributed by atoms with Crippen LogP contribution in [-0.4, -0.2) is 11.0 Å². The van der Waals surface area contributed by atoms with Gasteiger partial charge in [-0.1, -0.05) is 19.9 Å². The summed E-state index contributed by atoms with van der Waals surface area (Å²) in [6.45, 7) is 5.77.